The second-order valence-corrected chi connectivity index (χ2v) is 6.35. The van der Waals surface area contributed by atoms with E-state index in [1.807, 2.05) is 12.1 Å². The molecule has 7 nitrogen and oxygen atoms in total. The van der Waals surface area contributed by atoms with Gasteiger partial charge in [-0.3, -0.25) is 4.57 Å². The molecular weight excluding hydrogens is 319 g/mol. The van der Waals surface area contributed by atoms with E-state index in [1.165, 1.54) is 11.9 Å². The summed E-state index contributed by atoms with van der Waals surface area (Å²) in [5, 5.41) is 0. The molecule has 0 spiro atoms. The molecule has 0 amide bonds. The van der Waals surface area contributed by atoms with E-state index in [4.69, 9.17) is 13.8 Å². The first-order chi connectivity index (χ1) is 11.1. The molecule has 0 N–H and O–H groups in total. The minimum atomic E-state index is -3.27. The fraction of sp³-hybridized carbons (Fsp3) is 0.333. The van der Waals surface area contributed by atoms with Crippen LogP contribution in [0.25, 0.3) is 5.65 Å². The van der Waals surface area contributed by atoms with Gasteiger partial charge in [0.2, 0.25) is 0 Å². The van der Waals surface area contributed by atoms with Crippen molar-refractivity contribution < 1.29 is 23.1 Å². The zero-order valence-corrected chi connectivity index (χ0v) is 13.9. The first-order valence-corrected chi connectivity index (χ1v) is 8.86. The van der Waals surface area contributed by atoms with Crippen molar-refractivity contribution in [2.24, 2.45) is 0 Å². The van der Waals surface area contributed by atoms with Gasteiger partial charge < -0.3 is 18.2 Å². The summed E-state index contributed by atoms with van der Waals surface area (Å²) in [7, 11) is -3.27. The van der Waals surface area contributed by atoms with E-state index < -0.39 is 13.6 Å². The van der Waals surface area contributed by atoms with E-state index in [0.29, 0.717) is 5.65 Å². The van der Waals surface area contributed by atoms with Gasteiger partial charge in [0.1, 0.15) is 12.3 Å². The SMILES string of the molecule is CCOP(=O)(C=CCOC(=O)c1cn2ccccc2n1)OCC. The van der Waals surface area contributed by atoms with E-state index in [-0.39, 0.29) is 25.5 Å². The lowest BCUT2D eigenvalue weighted by Crippen LogP contribution is -2.05. The largest absolute Gasteiger partial charge is 0.457 e. The third-order valence-electron chi connectivity index (χ3n) is 2.79. The van der Waals surface area contributed by atoms with Gasteiger partial charge in [-0.15, -0.1) is 0 Å². The molecule has 0 fully saturated rings. The van der Waals surface area contributed by atoms with E-state index >= 15 is 0 Å². The number of fused-ring (bicyclic) bond motifs is 1. The molecule has 0 aliphatic carbocycles. The smallest absolute Gasteiger partial charge is 0.358 e. The minimum absolute atomic E-state index is 0.0448. The molecule has 2 aromatic rings. The maximum Gasteiger partial charge on any atom is 0.358 e. The van der Waals surface area contributed by atoms with Crippen molar-refractivity contribution in [2.75, 3.05) is 19.8 Å². The van der Waals surface area contributed by atoms with E-state index in [2.05, 4.69) is 4.98 Å². The molecule has 124 valence electrons. The highest BCUT2D eigenvalue weighted by Gasteiger charge is 2.18. The molecule has 8 heteroatoms. The van der Waals surface area contributed by atoms with Crippen LogP contribution in [0.4, 0.5) is 0 Å². The molecular formula is C15H19N2O5P. The van der Waals surface area contributed by atoms with Crippen LogP contribution >= 0.6 is 7.60 Å². The Morgan fingerprint density at radius 2 is 2.04 bits per heavy atom. The maximum absolute atomic E-state index is 12.2. The average molecular weight is 338 g/mol. The molecule has 0 aliphatic heterocycles. The van der Waals surface area contributed by atoms with Gasteiger partial charge in [0, 0.05) is 18.2 Å². The van der Waals surface area contributed by atoms with Gasteiger partial charge in [0.15, 0.2) is 5.69 Å². The van der Waals surface area contributed by atoms with Crippen LogP contribution in [0.5, 0.6) is 0 Å². The summed E-state index contributed by atoms with van der Waals surface area (Å²) >= 11 is 0. The second-order valence-electron chi connectivity index (χ2n) is 4.45. The predicted octanol–water partition coefficient (Wildman–Crippen LogP) is 3.27. The number of carbonyl (C=O) groups is 1. The molecule has 0 atom stereocenters. The number of hydrogen-bond acceptors (Lipinski definition) is 6. The third-order valence-corrected chi connectivity index (χ3v) is 4.60. The van der Waals surface area contributed by atoms with Crippen molar-refractivity contribution in [3.05, 3.63) is 48.2 Å². The molecule has 0 radical (unpaired) electrons. The van der Waals surface area contributed by atoms with Gasteiger partial charge in [0.25, 0.3) is 0 Å². The first-order valence-electron chi connectivity index (χ1n) is 7.25. The number of carbonyl (C=O) groups excluding carboxylic acids is 1. The van der Waals surface area contributed by atoms with Crippen molar-refractivity contribution in [3.8, 4) is 0 Å². The highest BCUT2D eigenvalue weighted by Crippen LogP contribution is 2.49. The second kappa shape index (κ2) is 8.06. The number of ether oxygens (including phenoxy) is 1. The lowest BCUT2D eigenvalue weighted by Gasteiger charge is -2.12. The van der Waals surface area contributed by atoms with Gasteiger partial charge in [-0.1, -0.05) is 6.07 Å². The van der Waals surface area contributed by atoms with Crippen LogP contribution in [-0.2, 0) is 18.3 Å². The van der Waals surface area contributed by atoms with Gasteiger partial charge in [-0.05, 0) is 32.1 Å². The van der Waals surface area contributed by atoms with Crippen LogP contribution in [0, 0.1) is 0 Å². The van der Waals surface area contributed by atoms with Crippen LogP contribution in [0.3, 0.4) is 0 Å². The predicted molar refractivity (Wildman–Crippen MR) is 85.5 cm³/mol. The Bertz CT molecular complexity index is 697. The topological polar surface area (TPSA) is 79.1 Å². The molecule has 2 heterocycles. The number of nitrogens with zero attached hydrogens (tertiary/aromatic N) is 2. The highest BCUT2D eigenvalue weighted by atomic mass is 31.2. The van der Waals surface area contributed by atoms with Gasteiger partial charge in [0.05, 0.1) is 13.2 Å². The molecule has 23 heavy (non-hydrogen) atoms. The third kappa shape index (κ3) is 4.76. The zero-order chi connectivity index (χ0) is 16.7. The Morgan fingerprint density at radius 3 is 2.70 bits per heavy atom. The van der Waals surface area contributed by atoms with Crippen molar-refractivity contribution in [1.29, 1.82) is 0 Å². The molecule has 0 bridgehead atoms. The Balaban J connectivity index is 1.93. The van der Waals surface area contributed by atoms with Crippen LogP contribution in [0.2, 0.25) is 0 Å². The summed E-state index contributed by atoms with van der Waals surface area (Å²) in [6.45, 7) is 3.94. The Labute approximate surface area is 134 Å². The standard InChI is InChI=1S/C15H19N2O5P/c1-3-21-23(19,22-4-2)11-7-10-20-15(18)13-12-17-9-6-5-8-14(17)16-13/h5-9,11-12H,3-4,10H2,1-2H3. The van der Waals surface area contributed by atoms with E-state index in [1.54, 1.807) is 36.7 Å². The van der Waals surface area contributed by atoms with Crippen molar-refractivity contribution >= 4 is 19.2 Å². The summed E-state index contributed by atoms with van der Waals surface area (Å²) in [4.78, 5) is 16.1. The van der Waals surface area contributed by atoms with Gasteiger partial charge in [-0.2, -0.15) is 0 Å². The first kappa shape index (κ1) is 17.4. The lowest BCUT2D eigenvalue weighted by atomic mass is 10.5. The van der Waals surface area contributed by atoms with Gasteiger partial charge >= 0.3 is 13.6 Å². The van der Waals surface area contributed by atoms with E-state index in [0.717, 1.165) is 0 Å². The molecule has 0 aromatic carbocycles. The molecule has 0 saturated carbocycles. The lowest BCUT2D eigenvalue weighted by molar-refractivity contribution is 0.0543. The fourth-order valence-electron chi connectivity index (χ4n) is 1.89. The highest BCUT2D eigenvalue weighted by molar-refractivity contribution is 7.57. The van der Waals surface area contributed by atoms with Crippen LogP contribution < -0.4 is 0 Å². The van der Waals surface area contributed by atoms with Crippen molar-refractivity contribution in [2.45, 2.75) is 13.8 Å². The summed E-state index contributed by atoms with van der Waals surface area (Å²) < 4.78 is 29.1. The number of esters is 1. The summed E-state index contributed by atoms with van der Waals surface area (Å²) in [6, 6.07) is 5.46. The summed E-state index contributed by atoms with van der Waals surface area (Å²) in [5.41, 5.74) is 0.870. The Hall–Kier alpha value is -1.95. The molecule has 0 saturated heterocycles. The maximum atomic E-state index is 12.2. The van der Waals surface area contributed by atoms with Crippen LogP contribution in [0.15, 0.2) is 42.5 Å². The van der Waals surface area contributed by atoms with Crippen molar-refractivity contribution in [1.82, 2.24) is 9.38 Å². The number of rotatable bonds is 8. The number of imidazole rings is 1. The fourth-order valence-corrected chi connectivity index (χ4v) is 3.20. The molecule has 2 aromatic heterocycles. The number of pyridine rings is 1. The zero-order valence-electron chi connectivity index (χ0n) is 13.0. The van der Waals surface area contributed by atoms with Crippen molar-refractivity contribution in [3.63, 3.8) is 0 Å². The van der Waals surface area contributed by atoms with Crippen LogP contribution in [-0.4, -0.2) is 35.2 Å². The monoisotopic (exact) mass is 338 g/mol. The molecule has 2 rings (SSSR count). The molecule has 0 unspecified atom stereocenters. The Morgan fingerprint density at radius 1 is 1.30 bits per heavy atom. The minimum Gasteiger partial charge on any atom is -0.457 e. The van der Waals surface area contributed by atoms with Gasteiger partial charge in [-0.25, -0.2) is 9.78 Å². The number of aromatic nitrogens is 2. The summed E-state index contributed by atoms with van der Waals surface area (Å²) in [6.07, 6.45) is 4.83. The normalized spacial score (nSPS) is 12.1. The van der Waals surface area contributed by atoms with Crippen LogP contribution in [0.1, 0.15) is 24.3 Å². The average Bonchev–Trinajstić information content (AvgIpc) is 2.96. The van der Waals surface area contributed by atoms with E-state index in [9.17, 15) is 9.36 Å². The number of hydrogen-bond donors (Lipinski definition) is 0. The quantitative estimate of drug-likeness (QED) is 0.543. The summed E-state index contributed by atoms with van der Waals surface area (Å²) in [5.74, 6) is 0.748. The molecule has 0 aliphatic rings. The Kier molecular flexibility index (Phi) is 6.10.